The van der Waals surface area contributed by atoms with Crippen LogP contribution in [0.25, 0.3) is 21.3 Å². The van der Waals surface area contributed by atoms with Gasteiger partial charge in [0.2, 0.25) is 5.91 Å². The molecule has 1 N–H and O–H groups in total. The van der Waals surface area contributed by atoms with E-state index in [0.717, 1.165) is 64.7 Å². The summed E-state index contributed by atoms with van der Waals surface area (Å²) < 4.78 is 15.7. The van der Waals surface area contributed by atoms with E-state index in [9.17, 15) is 4.79 Å². The second-order valence-electron chi connectivity index (χ2n) is 9.79. The maximum atomic E-state index is 11.7. The molecule has 0 spiro atoms. The van der Waals surface area contributed by atoms with Crippen LogP contribution >= 0.6 is 20.7 Å². The topological polar surface area (TPSA) is 66.9 Å². The van der Waals surface area contributed by atoms with Gasteiger partial charge in [-0.3, -0.25) is 9.10 Å². The average Bonchev–Trinajstić information content (AvgIpc) is 3.52. The summed E-state index contributed by atoms with van der Waals surface area (Å²) in [6.07, 6.45) is 2.56. The molecule has 192 valence electrons. The number of hydrogen-bond donors (Lipinski definition) is 1. The molecular formula is C27H34N4O3S2. The first-order valence-electron chi connectivity index (χ1n) is 12.2. The standard InChI is InChI=1S/C27H34N4O3S2/c1-18(21-15-26(32)28-16-21)34-25-14-20(12-22-27(25)35-17-29-22)19-6-7-23(24(13-19)33-2)30-8-10-31(11-9-30)36(3,4)5/h6-7,12-14,17-18,21H,3-4,8-11,15-16H2,1-2,5H3,(H,28,32). The molecule has 0 aliphatic carbocycles. The van der Waals surface area contributed by atoms with Crippen molar-refractivity contribution in [3.8, 4) is 22.6 Å². The van der Waals surface area contributed by atoms with Crippen molar-refractivity contribution in [3.05, 3.63) is 35.8 Å². The molecule has 2 aliphatic heterocycles. The fourth-order valence-electron chi connectivity index (χ4n) is 4.94. The smallest absolute Gasteiger partial charge is 0.220 e. The Hall–Kier alpha value is -2.75. The number of nitrogens with one attached hydrogen (secondary N) is 1. The molecule has 2 aliphatic rings. The van der Waals surface area contributed by atoms with Crippen LogP contribution in [0, 0.1) is 5.92 Å². The molecule has 9 heteroatoms. The highest BCUT2D eigenvalue weighted by molar-refractivity contribution is 8.25. The van der Waals surface area contributed by atoms with Gasteiger partial charge in [-0.1, -0.05) is 17.8 Å². The molecule has 0 radical (unpaired) electrons. The molecule has 2 saturated heterocycles. The fourth-order valence-corrected chi connectivity index (χ4v) is 6.71. The Morgan fingerprint density at radius 1 is 1.14 bits per heavy atom. The van der Waals surface area contributed by atoms with Crippen molar-refractivity contribution < 1.29 is 14.3 Å². The Labute approximate surface area is 217 Å². The zero-order valence-electron chi connectivity index (χ0n) is 21.2. The molecule has 0 saturated carbocycles. The summed E-state index contributed by atoms with van der Waals surface area (Å²) >= 11 is 1.57. The molecule has 1 amide bonds. The van der Waals surface area contributed by atoms with Crippen LogP contribution in [0.2, 0.25) is 0 Å². The van der Waals surface area contributed by atoms with Crippen molar-refractivity contribution in [3.63, 3.8) is 0 Å². The van der Waals surface area contributed by atoms with Crippen LogP contribution < -0.4 is 19.7 Å². The molecule has 2 atom stereocenters. The van der Waals surface area contributed by atoms with Gasteiger partial charge in [0.05, 0.1) is 28.5 Å². The molecule has 3 heterocycles. The number of carbonyl (C=O) groups excluding carboxylic acids is 1. The van der Waals surface area contributed by atoms with Crippen molar-refractivity contribution in [1.29, 1.82) is 0 Å². The number of rotatable bonds is 7. The lowest BCUT2D eigenvalue weighted by atomic mass is 10.0. The lowest BCUT2D eigenvalue weighted by molar-refractivity contribution is -0.119. The summed E-state index contributed by atoms with van der Waals surface area (Å²) in [6.45, 7) is 6.43. The number of hydrogen-bond acceptors (Lipinski definition) is 7. The van der Waals surface area contributed by atoms with Gasteiger partial charge in [0.15, 0.2) is 0 Å². The first kappa shape index (κ1) is 24.9. The molecule has 1 aromatic heterocycles. The minimum Gasteiger partial charge on any atom is -0.495 e. The normalized spacial score (nSPS) is 19.9. The minimum absolute atomic E-state index is 0.0829. The van der Waals surface area contributed by atoms with E-state index in [2.05, 4.69) is 67.8 Å². The number of aromatic nitrogens is 1. The number of ether oxygens (including phenoxy) is 2. The zero-order chi connectivity index (χ0) is 25.4. The number of nitrogens with zero attached hydrogens (tertiary/aromatic N) is 3. The van der Waals surface area contributed by atoms with Gasteiger partial charge in [0.25, 0.3) is 0 Å². The Balaban J connectivity index is 1.41. The van der Waals surface area contributed by atoms with Gasteiger partial charge in [-0.05, 0) is 48.6 Å². The summed E-state index contributed by atoms with van der Waals surface area (Å²) in [7, 11) is 0.539. The number of thiazole rings is 1. The second kappa shape index (κ2) is 9.95. The molecule has 5 rings (SSSR count). The van der Waals surface area contributed by atoms with E-state index in [1.807, 2.05) is 12.4 Å². The van der Waals surface area contributed by atoms with E-state index in [1.54, 1.807) is 18.4 Å². The number of fused-ring (bicyclic) bond motifs is 1. The molecule has 2 aromatic carbocycles. The van der Waals surface area contributed by atoms with E-state index < -0.39 is 9.39 Å². The highest BCUT2D eigenvalue weighted by atomic mass is 32.2. The lowest BCUT2D eigenvalue weighted by Gasteiger charge is -2.39. The van der Waals surface area contributed by atoms with Crippen molar-refractivity contribution in [2.24, 2.45) is 5.92 Å². The highest BCUT2D eigenvalue weighted by Gasteiger charge is 2.28. The van der Waals surface area contributed by atoms with Gasteiger partial charge >= 0.3 is 0 Å². The highest BCUT2D eigenvalue weighted by Crippen LogP contribution is 2.39. The van der Waals surface area contributed by atoms with E-state index >= 15 is 0 Å². The number of piperazine rings is 1. The third-order valence-electron chi connectivity index (χ3n) is 7.10. The third-order valence-corrected chi connectivity index (χ3v) is 9.57. The predicted molar refractivity (Wildman–Crippen MR) is 154 cm³/mol. The Kier molecular flexibility index (Phi) is 6.89. The maximum absolute atomic E-state index is 11.7. The van der Waals surface area contributed by atoms with Crippen molar-refractivity contribution in [1.82, 2.24) is 14.6 Å². The summed E-state index contributed by atoms with van der Waals surface area (Å²) in [5, 5.41) is 2.91. The Bertz CT molecular complexity index is 1380. The summed E-state index contributed by atoms with van der Waals surface area (Å²) in [5.41, 5.74) is 5.93. The number of amides is 1. The van der Waals surface area contributed by atoms with Crippen LogP contribution in [0.15, 0.2) is 35.8 Å². The second-order valence-corrected chi connectivity index (χ2v) is 13.6. The fraction of sp³-hybridized carbons (Fsp3) is 0.407. The van der Waals surface area contributed by atoms with Gasteiger partial charge in [0, 0.05) is 45.1 Å². The third kappa shape index (κ3) is 5.05. The number of carbonyl (C=O) groups is 1. The first-order valence-corrected chi connectivity index (χ1v) is 15.4. The molecule has 7 nitrogen and oxygen atoms in total. The maximum Gasteiger partial charge on any atom is 0.220 e. The van der Waals surface area contributed by atoms with Gasteiger partial charge in [0.1, 0.15) is 17.6 Å². The zero-order valence-corrected chi connectivity index (χ0v) is 22.8. The van der Waals surface area contributed by atoms with Crippen LogP contribution in [0.4, 0.5) is 5.69 Å². The summed E-state index contributed by atoms with van der Waals surface area (Å²) in [6, 6.07) is 10.6. The van der Waals surface area contributed by atoms with Crippen LogP contribution in [0.1, 0.15) is 13.3 Å². The number of methoxy groups -OCH3 is 1. The van der Waals surface area contributed by atoms with Crippen LogP contribution in [0.3, 0.4) is 0 Å². The minimum atomic E-state index is -1.19. The molecule has 2 fully saturated rings. The van der Waals surface area contributed by atoms with Crippen LogP contribution in [0.5, 0.6) is 11.5 Å². The van der Waals surface area contributed by atoms with Gasteiger partial charge in [-0.15, -0.1) is 11.3 Å². The summed E-state index contributed by atoms with van der Waals surface area (Å²) in [4.78, 5) is 18.6. The largest absolute Gasteiger partial charge is 0.495 e. The molecular weight excluding hydrogens is 492 g/mol. The SMILES string of the molecule is C=S(=C)(C)N1CCN(c2ccc(-c3cc(OC(C)C4CNC(=O)C4)c4scnc4c3)cc2OC)CC1. The van der Waals surface area contributed by atoms with Crippen molar-refractivity contribution in [2.45, 2.75) is 19.4 Å². The first-order chi connectivity index (χ1) is 17.2. The van der Waals surface area contributed by atoms with Gasteiger partial charge in [-0.25, -0.2) is 4.98 Å². The van der Waals surface area contributed by atoms with Crippen LogP contribution in [-0.2, 0) is 4.79 Å². The van der Waals surface area contributed by atoms with Crippen molar-refractivity contribution in [2.75, 3.05) is 51.0 Å². The number of benzene rings is 2. The van der Waals surface area contributed by atoms with Crippen molar-refractivity contribution >= 4 is 54.3 Å². The van der Waals surface area contributed by atoms with Gasteiger partial charge < -0.3 is 19.7 Å². The quantitative estimate of drug-likeness (QED) is 0.466. The Morgan fingerprint density at radius 2 is 1.89 bits per heavy atom. The lowest BCUT2D eigenvalue weighted by Crippen LogP contribution is -2.44. The van der Waals surface area contributed by atoms with Gasteiger partial charge in [-0.2, -0.15) is 9.39 Å². The molecule has 0 bridgehead atoms. The number of anilines is 1. The molecule has 3 aromatic rings. The molecule has 2 unspecified atom stereocenters. The monoisotopic (exact) mass is 526 g/mol. The van der Waals surface area contributed by atoms with E-state index in [-0.39, 0.29) is 17.9 Å². The molecule has 36 heavy (non-hydrogen) atoms. The average molecular weight is 527 g/mol. The van der Waals surface area contributed by atoms with E-state index in [4.69, 9.17) is 9.47 Å². The van der Waals surface area contributed by atoms with E-state index in [1.165, 1.54) is 0 Å². The van der Waals surface area contributed by atoms with E-state index in [0.29, 0.717) is 13.0 Å². The Morgan fingerprint density at radius 3 is 2.56 bits per heavy atom. The van der Waals surface area contributed by atoms with Crippen LogP contribution in [-0.4, -0.2) is 79.1 Å². The summed E-state index contributed by atoms with van der Waals surface area (Å²) in [5.74, 6) is 10.4. The predicted octanol–water partition coefficient (Wildman–Crippen LogP) is 4.21.